The molecule has 0 unspecified atom stereocenters. The Labute approximate surface area is 199 Å². The summed E-state index contributed by atoms with van der Waals surface area (Å²) in [6.45, 7) is 7.99. The minimum Gasteiger partial charge on any atom is -0.350 e. The molecule has 0 aliphatic carbocycles. The van der Waals surface area contributed by atoms with Gasteiger partial charge in [-0.2, -0.15) is 0 Å². The zero-order valence-corrected chi connectivity index (χ0v) is 20.8. The molecule has 1 atom stereocenters. The fourth-order valence-corrected chi connectivity index (χ4v) is 4.31. The summed E-state index contributed by atoms with van der Waals surface area (Å²) in [7, 11) is 0. The van der Waals surface area contributed by atoms with Crippen LogP contribution in [0.3, 0.4) is 0 Å². The molecule has 31 heavy (non-hydrogen) atoms. The van der Waals surface area contributed by atoms with Crippen LogP contribution in [0.4, 0.5) is 0 Å². The summed E-state index contributed by atoms with van der Waals surface area (Å²) in [4.78, 5) is 27.9. The van der Waals surface area contributed by atoms with Gasteiger partial charge in [0.05, 0.1) is 15.8 Å². The molecule has 168 valence electrons. The van der Waals surface area contributed by atoms with E-state index in [4.69, 9.17) is 23.2 Å². The summed E-state index contributed by atoms with van der Waals surface area (Å²) in [5.74, 6) is 0.785. The van der Waals surface area contributed by atoms with Gasteiger partial charge in [-0.25, -0.2) is 0 Å². The molecule has 0 aliphatic heterocycles. The lowest BCUT2D eigenvalue weighted by Gasteiger charge is -2.33. The van der Waals surface area contributed by atoms with E-state index in [1.54, 1.807) is 28.8 Å². The quantitative estimate of drug-likeness (QED) is 0.482. The predicted octanol–water partition coefficient (Wildman–Crippen LogP) is 5.95. The van der Waals surface area contributed by atoms with Crippen LogP contribution < -0.4 is 5.32 Å². The number of carbonyl (C=O) groups excluding carboxylic acids is 2. The van der Waals surface area contributed by atoms with Crippen molar-refractivity contribution in [2.75, 3.05) is 5.75 Å². The molecule has 0 fully saturated rings. The van der Waals surface area contributed by atoms with Gasteiger partial charge in [-0.1, -0.05) is 66.5 Å². The van der Waals surface area contributed by atoms with E-state index >= 15 is 0 Å². The molecule has 2 aromatic rings. The molecule has 2 amide bonds. The minimum atomic E-state index is -0.571. The highest BCUT2D eigenvalue weighted by Gasteiger charge is 2.30. The molecule has 0 bridgehead atoms. The zero-order valence-electron chi connectivity index (χ0n) is 18.5. The number of hydrogen-bond acceptors (Lipinski definition) is 3. The maximum Gasteiger partial charge on any atom is 0.243 e. The normalized spacial score (nSPS) is 12.3. The van der Waals surface area contributed by atoms with Gasteiger partial charge in [0, 0.05) is 17.8 Å². The van der Waals surface area contributed by atoms with E-state index in [9.17, 15) is 9.59 Å². The molecule has 7 heteroatoms. The molecule has 2 rings (SSSR count). The molecular weight excluding hydrogens is 451 g/mol. The van der Waals surface area contributed by atoms with Crippen molar-refractivity contribution < 1.29 is 9.59 Å². The molecule has 0 aromatic heterocycles. The average Bonchev–Trinajstić information content (AvgIpc) is 2.70. The van der Waals surface area contributed by atoms with Gasteiger partial charge >= 0.3 is 0 Å². The predicted molar refractivity (Wildman–Crippen MR) is 132 cm³/mol. The lowest BCUT2D eigenvalue weighted by atomic mass is 10.1. The number of rotatable bonds is 9. The van der Waals surface area contributed by atoms with E-state index in [1.807, 2.05) is 64.1 Å². The van der Waals surface area contributed by atoms with Gasteiger partial charge < -0.3 is 10.2 Å². The van der Waals surface area contributed by atoms with Crippen molar-refractivity contribution in [2.24, 2.45) is 0 Å². The Balaban J connectivity index is 2.19. The van der Waals surface area contributed by atoms with Gasteiger partial charge in [0.25, 0.3) is 0 Å². The monoisotopic (exact) mass is 480 g/mol. The number of carbonyl (C=O) groups is 2. The van der Waals surface area contributed by atoms with Crippen LogP contribution in [0.1, 0.15) is 45.2 Å². The first-order valence-corrected chi connectivity index (χ1v) is 12.2. The first kappa shape index (κ1) is 25.6. The highest BCUT2D eigenvalue weighted by atomic mass is 35.5. The van der Waals surface area contributed by atoms with E-state index < -0.39 is 6.04 Å². The molecular formula is C24H30Cl2N2O2S. The molecule has 0 aliphatic rings. The van der Waals surface area contributed by atoms with Crippen LogP contribution in [0.5, 0.6) is 0 Å². The van der Waals surface area contributed by atoms with Gasteiger partial charge in [-0.3, -0.25) is 9.59 Å². The number of hydrogen-bond donors (Lipinski definition) is 1. The van der Waals surface area contributed by atoms with Crippen molar-refractivity contribution in [3.63, 3.8) is 0 Å². The van der Waals surface area contributed by atoms with Crippen molar-refractivity contribution in [3.8, 4) is 0 Å². The largest absolute Gasteiger partial charge is 0.350 e. The Morgan fingerprint density at radius 2 is 1.71 bits per heavy atom. The van der Waals surface area contributed by atoms with Crippen LogP contribution >= 0.6 is 35.0 Å². The first-order chi connectivity index (χ1) is 14.6. The van der Waals surface area contributed by atoms with Gasteiger partial charge in [0.2, 0.25) is 11.8 Å². The summed E-state index contributed by atoms with van der Waals surface area (Å²) in [5, 5.41) is 3.89. The Kier molecular flexibility index (Phi) is 9.73. The van der Waals surface area contributed by atoms with Crippen LogP contribution in [-0.2, 0) is 21.9 Å². The molecule has 2 aromatic carbocycles. The van der Waals surface area contributed by atoms with E-state index in [2.05, 4.69) is 5.32 Å². The van der Waals surface area contributed by atoms with E-state index in [1.165, 1.54) is 0 Å². The maximum absolute atomic E-state index is 13.2. The standard InChI is InChI=1S/C24H30Cl2N2O2S/c1-5-21(23(30)27-24(2,3)4)28(14-18-11-12-19(25)20(26)13-18)22(29)16-31-15-17-9-7-6-8-10-17/h6-13,21H,5,14-16H2,1-4H3,(H,27,30)/t21-/m0/s1. The van der Waals surface area contributed by atoms with Crippen LogP contribution in [0, 0.1) is 0 Å². The van der Waals surface area contributed by atoms with E-state index in [0.29, 0.717) is 16.5 Å². The third-order valence-electron chi connectivity index (χ3n) is 4.56. The summed E-state index contributed by atoms with van der Waals surface area (Å²) < 4.78 is 0. The number of amides is 2. The fourth-order valence-electron chi connectivity index (χ4n) is 3.12. The molecule has 0 heterocycles. The van der Waals surface area contributed by atoms with Crippen molar-refractivity contribution in [2.45, 2.75) is 58.0 Å². The average molecular weight is 481 g/mol. The second kappa shape index (κ2) is 11.8. The Morgan fingerprint density at radius 3 is 2.29 bits per heavy atom. The fraction of sp³-hybridized carbons (Fsp3) is 0.417. The third kappa shape index (κ3) is 8.40. The van der Waals surface area contributed by atoms with E-state index in [-0.39, 0.29) is 29.7 Å². The molecule has 4 nitrogen and oxygen atoms in total. The summed E-state index contributed by atoms with van der Waals surface area (Å²) in [5.41, 5.74) is 1.61. The van der Waals surface area contributed by atoms with Gasteiger partial charge in [0.15, 0.2) is 0 Å². The summed E-state index contributed by atoms with van der Waals surface area (Å²) in [6.07, 6.45) is 0.512. The van der Waals surface area contributed by atoms with Crippen molar-refractivity contribution >= 4 is 46.8 Å². The van der Waals surface area contributed by atoms with Crippen LogP contribution in [-0.4, -0.2) is 34.0 Å². The SMILES string of the molecule is CC[C@@H](C(=O)NC(C)(C)C)N(Cc1ccc(Cl)c(Cl)c1)C(=O)CSCc1ccccc1. The first-order valence-electron chi connectivity index (χ1n) is 10.3. The number of nitrogens with one attached hydrogen (secondary N) is 1. The van der Waals surface area contributed by atoms with Crippen molar-refractivity contribution in [1.29, 1.82) is 0 Å². The lowest BCUT2D eigenvalue weighted by Crippen LogP contribution is -2.53. The Bertz CT molecular complexity index is 885. The van der Waals surface area contributed by atoms with Crippen molar-refractivity contribution in [3.05, 3.63) is 69.7 Å². The lowest BCUT2D eigenvalue weighted by molar-refractivity contribution is -0.140. The smallest absolute Gasteiger partial charge is 0.243 e. The Hall–Kier alpha value is -1.69. The van der Waals surface area contributed by atoms with Gasteiger partial charge in [0.1, 0.15) is 6.04 Å². The zero-order chi connectivity index (χ0) is 23.0. The second-order valence-electron chi connectivity index (χ2n) is 8.41. The van der Waals surface area contributed by atoms with Gasteiger partial charge in [-0.15, -0.1) is 11.8 Å². The highest BCUT2D eigenvalue weighted by molar-refractivity contribution is 7.99. The van der Waals surface area contributed by atoms with Crippen LogP contribution in [0.25, 0.3) is 0 Å². The molecule has 0 radical (unpaired) electrons. The third-order valence-corrected chi connectivity index (χ3v) is 6.29. The van der Waals surface area contributed by atoms with Crippen molar-refractivity contribution in [1.82, 2.24) is 10.2 Å². The highest BCUT2D eigenvalue weighted by Crippen LogP contribution is 2.24. The summed E-state index contributed by atoms with van der Waals surface area (Å²) >= 11 is 13.8. The molecule has 0 spiro atoms. The van der Waals surface area contributed by atoms with Gasteiger partial charge in [-0.05, 0) is 50.5 Å². The number of benzene rings is 2. The molecule has 1 N–H and O–H groups in total. The summed E-state index contributed by atoms with van der Waals surface area (Å²) in [6, 6.07) is 14.7. The number of thioether (sulfide) groups is 1. The van der Waals surface area contributed by atoms with Crippen LogP contribution in [0.15, 0.2) is 48.5 Å². The maximum atomic E-state index is 13.2. The number of halogens is 2. The van der Waals surface area contributed by atoms with Crippen LogP contribution in [0.2, 0.25) is 10.0 Å². The topological polar surface area (TPSA) is 49.4 Å². The molecule has 0 saturated carbocycles. The number of nitrogens with zero attached hydrogens (tertiary/aromatic N) is 1. The minimum absolute atomic E-state index is 0.0806. The Morgan fingerprint density at radius 1 is 1.03 bits per heavy atom. The molecule has 0 saturated heterocycles. The van der Waals surface area contributed by atoms with E-state index in [0.717, 1.165) is 16.9 Å². The second-order valence-corrected chi connectivity index (χ2v) is 10.2.